The predicted octanol–water partition coefficient (Wildman–Crippen LogP) is 3.76. The first-order chi connectivity index (χ1) is 8.43. The van der Waals surface area contributed by atoms with Crippen LogP contribution in [0.15, 0.2) is 60.7 Å². The van der Waals surface area contributed by atoms with Crippen LogP contribution in [0.4, 0.5) is 0 Å². The highest BCUT2D eigenvalue weighted by molar-refractivity contribution is 5.23. The molecule has 0 saturated carbocycles. The molecule has 1 heteroatoms. The molecule has 0 aromatic heterocycles. The fourth-order valence-electron chi connectivity index (χ4n) is 2.25. The Morgan fingerprint density at radius 1 is 0.824 bits per heavy atom. The van der Waals surface area contributed by atoms with Crippen LogP contribution in [0.1, 0.15) is 23.7 Å². The Hall–Kier alpha value is -1.60. The normalized spacial score (nSPS) is 22.4. The van der Waals surface area contributed by atoms with E-state index in [2.05, 4.69) is 54.6 Å². The molecule has 0 unspecified atom stereocenters. The lowest BCUT2D eigenvalue weighted by atomic mass is 10.0. The molecule has 0 amide bonds. The van der Waals surface area contributed by atoms with Gasteiger partial charge < -0.3 is 4.74 Å². The molecule has 86 valence electrons. The number of aryl methyl sites for hydroxylation is 1. The Morgan fingerprint density at radius 2 is 1.47 bits per heavy atom. The van der Waals surface area contributed by atoms with Crippen molar-refractivity contribution < 1.29 is 4.74 Å². The number of hydrogen-bond acceptors (Lipinski definition) is 1. The van der Waals surface area contributed by atoms with Crippen molar-refractivity contribution in [3.8, 4) is 0 Å². The average molecular weight is 224 g/mol. The summed E-state index contributed by atoms with van der Waals surface area (Å²) in [7, 11) is 0. The highest BCUT2D eigenvalue weighted by Crippen LogP contribution is 2.41. The molecule has 2 aromatic rings. The second-order valence-corrected chi connectivity index (χ2v) is 4.53. The van der Waals surface area contributed by atoms with Crippen LogP contribution < -0.4 is 0 Å². The third-order valence-corrected chi connectivity index (χ3v) is 3.27. The minimum Gasteiger partial charge on any atom is -0.364 e. The monoisotopic (exact) mass is 224 g/mol. The van der Waals surface area contributed by atoms with Crippen molar-refractivity contribution in [2.75, 3.05) is 0 Å². The zero-order chi connectivity index (χ0) is 11.5. The molecular formula is C16H16O. The minimum atomic E-state index is 0.333. The van der Waals surface area contributed by atoms with Gasteiger partial charge in [-0.3, -0.25) is 0 Å². The molecule has 2 atom stereocenters. The van der Waals surface area contributed by atoms with Gasteiger partial charge in [-0.05, 0) is 24.0 Å². The summed E-state index contributed by atoms with van der Waals surface area (Å²) < 4.78 is 5.72. The smallest absolute Gasteiger partial charge is 0.109 e. The molecule has 0 radical (unpaired) electrons. The van der Waals surface area contributed by atoms with E-state index in [0.29, 0.717) is 12.2 Å². The van der Waals surface area contributed by atoms with Crippen molar-refractivity contribution >= 4 is 0 Å². The van der Waals surface area contributed by atoms with E-state index in [4.69, 9.17) is 4.74 Å². The van der Waals surface area contributed by atoms with Crippen molar-refractivity contribution in [3.05, 3.63) is 71.8 Å². The zero-order valence-electron chi connectivity index (χ0n) is 9.75. The van der Waals surface area contributed by atoms with Crippen molar-refractivity contribution in [1.29, 1.82) is 0 Å². The van der Waals surface area contributed by atoms with Gasteiger partial charge >= 0.3 is 0 Å². The third kappa shape index (κ3) is 2.56. The van der Waals surface area contributed by atoms with Gasteiger partial charge in [0, 0.05) is 0 Å². The van der Waals surface area contributed by atoms with E-state index >= 15 is 0 Å². The van der Waals surface area contributed by atoms with Crippen LogP contribution in [0.2, 0.25) is 0 Å². The summed E-state index contributed by atoms with van der Waals surface area (Å²) in [5.41, 5.74) is 2.71. The number of benzene rings is 2. The molecule has 1 aliphatic heterocycles. The van der Waals surface area contributed by atoms with Crippen molar-refractivity contribution in [2.24, 2.45) is 0 Å². The summed E-state index contributed by atoms with van der Waals surface area (Å²) in [6.07, 6.45) is 2.97. The van der Waals surface area contributed by atoms with E-state index in [1.165, 1.54) is 11.1 Å². The minimum absolute atomic E-state index is 0.333. The highest BCUT2D eigenvalue weighted by atomic mass is 16.6. The lowest BCUT2D eigenvalue weighted by Gasteiger charge is -1.98. The molecular weight excluding hydrogens is 208 g/mol. The summed E-state index contributed by atoms with van der Waals surface area (Å²) in [6.45, 7) is 0. The Morgan fingerprint density at radius 3 is 2.18 bits per heavy atom. The maximum Gasteiger partial charge on any atom is 0.109 e. The van der Waals surface area contributed by atoms with Gasteiger partial charge in [0.25, 0.3) is 0 Å². The van der Waals surface area contributed by atoms with Gasteiger partial charge in [-0.2, -0.15) is 0 Å². The van der Waals surface area contributed by atoms with Crippen molar-refractivity contribution in [1.82, 2.24) is 0 Å². The van der Waals surface area contributed by atoms with Crippen molar-refractivity contribution in [3.63, 3.8) is 0 Å². The zero-order valence-corrected chi connectivity index (χ0v) is 9.75. The molecule has 0 aliphatic carbocycles. The summed E-state index contributed by atoms with van der Waals surface area (Å²) in [6, 6.07) is 21.1. The Labute approximate surface area is 102 Å². The topological polar surface area (TPSA) is 12.5 Å². The molecule has 1 heterocycles. The van der Waals surface area contributed by atoms with Gasteiger partial charge in [-0.1, -0.05) is 60.7 Å². The van der Waals surface area contributed by atoms with Gasteiger partial charge in [-0.25, -0.2) is 0 Å². The van der Waals surface area contributed by atoms with Crippen LogP contribution >= 0.6 is 0 Å². The van der Waals surface area contributed by atoms with Gasteiger partial charge in [-0.15, -0.1) is 0 Å². The first kappa shape index (κ1) is 10.5. The van der Waals surface area contributed by atoms with E-state index in [9.17, 15) is 0 Å². The fourth-order valence-corrected chi connectivity index (χ4v) is 2.25. The predicted molar refractivity (Wildman–Crippen MR) is 68.8 cm³/mol. The molecule has 0 spiro atoms. The van der Waals surface area contributed by atoms with Gasteiger partial charge in [0.05, 0.1) is 6.10 Å². The van der Waals surface area contributed by atoms with E-state index < -0.39 is 0 Å². The first-order valence-corrected chi connectivity index (χ1v) is 6.18. The number of epoxide rings is 1. The lowest BCUT2D eigenvalue weighted by molar-refractivity contribution is 0.366. The van der Waals surface area contributed by atoms with Crippen LogP contribution in [-0.2, 0) is 11.2 Å². The van der Waals surface area contributed by atoms with Crippen LogP contribution in [0.3, 0.4) is 0 Å². The molecule has 1 saturated heterocycles. The second-order valence-electron chi connectivity index (χ2n) is 4.53. The van der Waals surface area contributed by atoms with Crippen molar-refractivity contribution in [2.45, 2.75) is 25.0 Å². The quantitative estimate of drug-likeness (QED) is 0.720. The lowest BCUT2D eigenvalue weighted by Crippen LogP contribution is -1.93. The molecule has 1 fully saturated rings. The summed E-state index contributed by atoms with van der Waals surface area (Å²) in [5, 5.41) is 0. The summed E-state index contributed by atoms with van der Waals surface area (Å²) >= 11 is 0. The van der Waals surface area contributed by atoms with Gasteiger partial charge in [0.1, 0.15) is 6.10 Å². The SMILES string of the molecule is c1ccc(CC[C@@H]2O[C@H]2c2ccccc2)cc1. The molecule has 1 aliphatic rings. The largest absolute Gasteiger partial charge is 0.364 e. The number of hydrogen-bond donors (Lipinski definition) is 0. The third-order valence-electron chi connectivity index (χ3n) is 3.27. The van der Waals surface area contributed by atoms with Crippen LogP contribution in [0, 0.1) is 0 Å². The number of rotatable bonds is 4. The van der Waals surface area contributed by atoms with E-state index in [-0.39, 0.29) is 0 Å². The maximum atomic E-state index is 5.72. The van der Waals surface area contributed by atoms with Gasteiger partial charge in [0.15, 0.2) is 0 Å². The number of ether oxygens (including phenoxy) is 1. The standard InChI is InChI=1S/C16H16O/c1-3-7-13(8-4-1)11-12-15-16(17-15)14-9-5-2-6-10-14/h1-10,15-16H,11-12H2/t15-,16-/m0/s1. The summed E-state index contributed by atoms with van der Waals surface area (Å²) in [4.78, 5) is 0. The highest BCUT2D eigenvalue weighted by Gasteiger charge is 2.39. The summed E-state index contributed by atoms with van der Waals surface area (Å²) in [5.74, 6) is 0. The van der Waals surface area contributed by atoms with Crippen LogP contribution in [-0.4, -0.2) is 6.10 Å². The average Bonchev–Trinajstić information content (AvgIpc) is 3.18. The molecule has 0 bridgehead atoms. The van der Waals surface area contributed by atoms with E-state index in [1.54, 1.807) is 0 Å². The fraction of sp³-hybridized carbons (Fsp3) is 0.250. The Bertz CT molecular complexity index is 463. The van der Waals surface area contributed by atoms with Crippen LogP contribution in [0.5, 0.6) is 0 Å². The molecule has 3 rings (SSSR count). The molecule has 2 aromatic carbocycles. The molecule has 1 nitrogen and oxygen atoms in total. The first-order valence-electron chi connectivity index (χ1n) is 6.18. The van der Waals surface area contributed by atoms with Crippen LogP contribution in [0.25, 0.3) is 0 Å². The molecule has 0 N–H and O–H groups in total. The van der Waals surface area contributed by atoms with Gasteiger partial charge in [0.2, 0.25) is 0 Å². The maximum absolute atomic E-state index is 5.72. The van der Waals surface area contributed by atoms with E-state index in [0.717, 1.165) is 12.8 Å². The second kappa shape index (κ2) is 4.72. The Balaban J connectivity index is 1.53. The Kier molecular flexibility index (Phi) is 2.93. The van der Waals surface area contributed by atoms with E-state index in [1.807, 2.05) is 6.07 Å². The molecule has 17 heavy (non-hydrogen) atoms.